The monoisotopic (exact) mass is 196 g/mol. The van der Waals surface area contributed by atoms with Crippen molar-refractivity contribution in [1.29, 1.82) is 0 Å². The Hall–Kier alpha value is 0.380. The Morgan fingerprint density at radius 3 is 2.27 bits per heavy atom. The fourth-order valence-electron chi connectivity index (χ4n) is 0.642. The molecule has 0 spiro atoms. The van der Waals surface area contributed by atoms with Gasteiger partial charge in [0.1, 0.15) is 5.75 Å². The van der Waals surface area contributed by atoms with Crippen molar-refractivity contribution in [3.63, 3.8) is 0 Å². The molecule has 0 aliphatic carbocycles. The van der Waals surface area contributed by atoms with Crippen LogP contribution < -0.4 is 4.52 Å². The molecule has 4 heteroatoms. The van der Waals surface area contributed by atoms with Crippen LogP contribution in [0.5, 0.6) is 5.75 Å². The summed E-state index contributed by atoms with van der Waals surface area (Å²) in [5.74, 6) is 0.627. The zero-order chi connectivity index (χ0) is 7.40. The molecule has 0 aromatic heterocycles. The first-order valence-corrected chi connectivity index (χ1v) is 3.62. The van der Waals surface area contributed by atoms with Gasteiger partial charge in [0.05, 0.1) is 0 Å². The van der Waals surface area contributed by atoms with Crippen LogP contribution in [-0.2, 0) is 4.57 Å². The average molecular weight is 196 g/mol. The third-order valence-electron chi connectivity index (χ3n) is 1.16. The second kappa shape index (κ2) is 5.96. The van der Waals surface area contributed by atoms with Crippen LogP contribution in [0.2, 0.25) is 0 Å². The Kier molecular flexibility index (Phi) is 6.16. The van der Waals surface area contributed by atoms with Crippen molar-refractivity contribution in [3.05, 3.63) is 29.8 Å². The van der Waals surface area contributed by atoms with E-state index >= 15 is 0 Å². The summed E-state index contributed by atoms with van der Waals surface area (Å²) in [7, 11) is -0.304. The van der Waals surface area contributed by atoms with Gasteiger partial charge in [0.15, 0.2) is 0 Å². The maximum absolute atomic E-state index is 9.93. The van der Waals surface area contributed by atoms with Crippen molar-refractivity contribution >= 4 is 46.4 Å². The zero-order valence-electron chi connectivity index (χ0n) is 5.57. The molecular weight excluding hydrogens is 187 g/mol. The second-order valence-electron chi connectivity index (χ2n) is 1.98. The van der Waals surface area contributed by atoms with Crippen LogP contribution in [-0.4, -0.2) is 37.7 Å². The van der Waals surface area contributed by atoms with Gasteiger partial charge in [0.2, 0.25) is 0 Å². The molecule has 0 saturated carbocycles. The van der Waals surface area contributed by atoms with E-state index < -0.39 is 0 Å². The van der Waals surface area contributed by atoms with E-state index in [4.69, 9.17) is 0 Å². The van der Waals surface area contributed by atoms with Gasteiger partial charge in [-0.15, -0.1) is 0 Å². The van der Waals surface area contributed by atoms with Crippen molar-refractivity contribution in [2.24, 2.45) is 0 Å². The molecule has 0 unspecified atom stereocenters. The summed E-state index contributed by atoms with van der Waals surface area (Å²) in [6, 6.07) is 7.36. The zero-order valence-corrected chi connectivity index (χ0v) is 6.47. The van der Waals surface area contributed by atoms with Gasteiger partial charge in [0, 0.05) is 0 Å². The van der Waals surface area contributed by atoms with E-state index in [1.165, 1.54) is 0 Å². The third kappa shape index (κ3) is 4.07. The Morgan fingerprint density at radius 1 is 1.27 bits per heavy atom. The first-order valence-electron chi connectivity index (χ1n) is 2.89. The van der Waals surface area contributed by atoms with Crippen LogP contribution >= 0.6 is 8.69 Å². The van der Waals surface area contributed by atoms with Gasteiger partial charge in [-0.05, 0) is 19.1 Å². The molecule has 0 heterocycles. The van der Waals surface area contributed by atoms with Gasteiger partial charge in [-0.3, -0.25) is 0 Å². The van der Waals surface area contributed by atoms with Gasteiger partial charge < -0.3 is 4.52 Å². The molecule has 0 amide bonds. The van der Waals surface area contributed by atoms with Crippen molar-refractivity contribution in [2.75, 3.05) is 0 Å². The second-order valence-corrected chi connectivity index (χ2v) is 2.31. The quantitative estimate of drug-likeness (QED) is 0.531. The third-order valence-corrected chi connectivity index (χ3v) is 1.45. The minimum atomic E-state index is -0.304. The molecule has 0 fully saturated rings. The Balaban J connectivity index is 0.000001000. The van der Waals surface area contributed by atoms with Crippen molar-refractivity contribution in [2.45, 2.75) is 6.92 Å². The van der Waals surface area contributed by atoms with Crippen LogP contribution in [0.4, 0.5) is 0 Å². The summed E-state index contributed by atoms with van der Waals surface area (Å²) >= 11 is 0. The molecule has 56 valence electrons. The fraction of sp³-hybridized carbons (Fsp3) is 0.143. The molecular formula is C7H9CaO2P. The topological polar surface area (TPSA) is 26.3 Å². The van der Waals surface area contributed by atoms with E-state index in [-0.39, 0.29) is 46.4 Å². The van der Waals surface area contributed by atoms with Gasteiger partial charge in [0.25, 0.3) is 0 Å². The molecule has 1 aromatic rings. The van der Waals surface area contributed by atoms with E-state index in [0.717, 1.165) is 5.56 Å². The van der Waals surface area contributed by atoms with Gasteiger partial charge in [-0.2, -0.15) is 0 Å². The SMILES string of the molecule is Cc1ccc(OP=O)cc1.[CaH2]. The summed E-state index contributed by atoms with van der Waals surface area (Å²) in [6.45, 7) is 1.98. The van der Waals surface area contributed by atoms with Crippen LogP contribution in [0.3, 0.4) is 0 Å². The Bertz CT molecular complexity index is 222. The number of aryl methyl sites for hydroxylation is 1. The van der Waals surface area contributed by atoms with Crippen molar-refractivity contribution in [1.82, 2.24) is 0 Å². The molecule has 0 bridgehead atoms. The molecule has 0 aliphatic rings. The Labute approximate surface area is 97.2 Å². The van der Waals surface area contributed by atoms with E-state index in [1.807, 2.05) is 19.1 Å². The molecule has 11 heavy (non-hydrogen) atoms. The van der Waals surface area contributed by atoms with E-state index in [1.54, 1.807) is 12.1 Å². The van der Waals surface area contributed by atoms with Gasteiger partial charge in [-0.1, -0.05) is 17.7 Å². The van der Waals surface area contributed by atoms with Crippen LogP contribution in [0.25, 0.3) is 0 Å². The normalized spacial score (nSPS) is 8.82. The summed E-state index contributed by atoms with van der Waals surface area (Å²) in [4.78, 5) is 0. The molecule has 0 N–H and O–H groups in total. The van der Waals surface area contributed by atoms with E-state index in [0.29, 0.717) is 5.75 Å². The standard InChI is InChI=1S/C7H7O2P.Ca.2H/c1-6-2-4-7(5-3-6)9-10-8;;;/h2-5H,1H3;;;. The number of rotatable bonds is 2. The molecule has 0 atom stereocenters. The number of hydrogen-bond acceptors (Lipinski definition) is 2. The molecule has 0 saturated heterocycles. The van der Waals surface area contributed by atoms with E-state index in [9.17, 15) is 4.57 Å². The minimum absolute atomic E-state index is 0. The maximum atomic E-state index is 9.93. The van der Waals surface area contributed by atoms with Crippen molar-refractivity contribution < 1.29 is 9.09 Å². The number of hydrogen-bond donors (Lipinski definition) is 0. The number of benzene rings is 1. The summed E-state index contributed by atoms with van der Waals surface area (Å²) in [5.41, 5.74) is 1.16. The summed E-state index contributed by atoms with van der Waals surface area (Å²) in [6.07, 6.45) is 0. The summed E-state index contributed by atoms with van der Waals surface area (Å²) in [5, 5.41) is 0. The molecule has 0 aliphatic heterocycles. The Morgan fingerprint density at radius 2 is 1.82 bits per heavy atom. The first-order chi connectivity index (χ1) is 4.83. The average Bonchev–Trinajstić information content (AvgIpc) is 1.95. The molecule has 0 radical (unpaired) electrons. The molecule has 1 rings (SSSR count). The van der Waals surface area contributed by atoms with Gasteiger partial charge >= 0.3 is 46.4 Å². The fourth-order valence-corrected chi connectivity index (χ4v) is 0.850. The molecule has 2 nitrogen and oxygen atoms in total. The molecule has 1 aromatic carbocycles. The van der Waals surface area contributed by atoms with Crippen LogP contribution in [0.15, 0.2) is 24.3 Å². The van der Waals surface area contributed by atoms with Crippen LogP contribution in [0.1, 0.15) is 5.56 Å². The summed E-state index contributed by atoms with van der Waals surface area (Å²) < 4.78 is 14.6. The van der Waals surface area contributed by atoms with Crippen LogP contribution in [0, 0.1) is 6.92 Å². The first kappa shape index (κ1) is 11.4. The van der Waals surface area contributed by atoms with Gasteiger partial charge in [-0.25, -0.2) is 4.57 Å². The van der Waals surface area contributed by atoms with Crippen molar-refractivity contribution in [3.8, 4) is 5.75 Å². The predicted octanol–water partition coefficient (Wildman–Crippen LogP) is 1.66. The van der Waals surface area contributed by atoms with E-state index in [2.05, 4.69) is 4.52 Å². The predicted molar refractivity (Wildman–Crippen MR) is 48.0 cm³/mol.